The molecule has 0 atom stereocenters. The van der Waals surface area contributed by atoms with Crippen molar-refractivity contribution in [2.24, 2.45) is 5.92 Å². The second-order valence-corrected chi connectivity index (χ2v) is 7.78. The Hall–Kier alpha value is -2.82. The zero-order chi connectivity index (χ0) is 20.1. The van der Waals surface area contributed by atoms with E-state index in [1.165, 1.54) is 5.56 Å². The Balaban J connectivity index is 1.57. The molecule has 2 aromatic carbocycles. The molecule has 1 aliphatic heterocycles. The normalized spacial score (nSPS) is 14.6. The lowest BCUT2D eigenvalue weighted by Crippen LogP contribution is -2.37. The van der Waals surface area contributed by atoms with Crippen LogP contribution in [0.15, 0.2) is 42.5 Å². The second-order valence-electron chi connectivity index (χ2n) is 7.78. The topological polar surface area (TPSA) is 61.4 Å². The molecule has 5 heteroatoms. The molecule has 0 radical (unpaired) electrons. The molecule has 0 aliphatic carbocycles. The Morgan fingerprint density at radius 3 is 2.54 bits per heavy atom. The van der Waals surface area contributed by atoms with Crippen molar-refractivity contribution in [1.82, 2.24) is 4.90 Å². The molecular weight excluding hydrogens is 350 g/mol. The predicted molar refractivity (Wildman–Crippen MR) is 114 cm³/mol. The number of likely N-dealkylation sites (tertiary alicyclic amines) is 1. The van der Waals surface area contributed by atoms with Gasteiger partial charge < -0.3 is 15.5 Å². The summed E-state index contributed by atoms with van der Waals surface area (Å²) in [6.45, 7) is 8.01. The van der Waals surface area contributed by atoms with Crippen LogP contribution in [0, 0.1) is 19.8 Å². The fourth-order valence-corrected chi connectivity index (χ4v) is 3.49. The molecule has 0 spiro atoms. The van der Waals surface area contributed by atoms with E-state index >= 15 is 0 Å². The lowest BCUT2D eigenvalue weighted by Gasteiger charge is -2.30. The highest BCUT2D eigenvalue weighted by Gasteiger charge is 2.21. The SMILES string of the molecule is Cc1ccc(NC(=O)CNc2cccc(C(=O)N3CCC(C)CC3)c2)c(C)c1. The summed E-state index contributed by atoms with van der Waals surface area (Å²) in [5, 5.41) is 6.04. The maximum atomic E-state index is 12.7. The summed E-state index contributed by atoms with van der Waals surface area (Å²) in [7, 11) is 0. The number of hydrogen-bond donors (Lipinski definition) is 2. The van der Waals surface area contributed by atoms with Crippen LogP contribution in [0.3, 0.4) is 0 Å². The van der Waals surface area contributed by atoms with E-state index in [1.807, 2.05) is 61.2 Å². The molecule has 0 saturated carbocycles. The average Bonchev–Trinajstić information content (AvgIpc) is 2.69. The smallest absolute Gasteiger partial charge is 0.253 e. The third-order valence-electron chi connectivity index (χ3n) is 5.29. The first-order chi connectivity index (χ1) is 13.4. The van der Waals surface area contributed by atoms with Gasteiger partial charge in [-0.2, -0.15) is 0 Å². The van der Waals surface area contributed by atoms with Crippen LogP contribution in [0.2, 0.25) is 0 Å². The molecule has 5 nitrogen and oxygen atoms in total. The average molecular weight is 380 g/mol. The van der Waals surface area contributed by atoms with E-state index in [-0.39, 0.29) is 18.4 Å². The first-order valence-corrected chi connectivity index (χ1v) is 9.92. The van der Waals surface area contributed by atoms with Crippen LogP contribution >= 0.6 is 0 Å². The van der Waals surface area contributed by atoms with Crippen LogP contribution in [0.4, 0.5) is 11.4 Å². The Kier molecular flexibility index (Phi) is 6.34. The largest absolute Gasteiger partial charge is 0.376 e. The number of rotatable bonds is 5. The Morgan fingerprint density at radius 2 is 1.82 bits per heavy atom. The summed E-state index contributed by atoms with van der Waals surface area (Å²) >= 11 is 0. The number of carbonyl (C=O) groups is 2. The highest BCUT2D eigenvalue weighted by molar-refractivity contribution is 5.96. The highest BCUT2D eigenvalue weighted by Crippen LogP contribution is 2.20. The number of nitrogens with one attached hydrogen (secondary N) is 2. The molecule has 2 N–H and O–H groups in total. The lowest BCUT2D eigenvalue weighted by atomic mass is 9.98. The van der Waals surface area contributed by atoms with Gasteiger partial charge in [-0.3, -0.25) is 9.59 Å². The first-order valence-electron chi connectivity index (χ1n) is 9.92. The summed E-state index contributed by atoms with van der Waals surface area (Å²) in [5.41, 5.74) is 4.46. The van der Waals surface area contributed by atoms with Crippen LogP contribution in [-0.4, -0.2) is 36.3 Å². The van der Waals surface area contributed by atoms with E-state index in [4.69, 9.17) is 0 Å². The molecule has 148 valence electrons. The zero-order valence-corrected chi connectivity index (χ0v) is 16.9. The van der Waals surface area contributed by atoms with E-state index in [2.05, 4.69) is 17.6 Å². The number of anilines is 2. The summed E-state index contributed by atoms with van der Waals surface area (Å²) in [4.78, 5) is 26.9. The number of amides is 2. The van der Waals surface area contributed by atoms with Crippen LogP contribution in [0.5, 0.6) is 0 Å². The van der Waals surface area contributed by atoms with Crippen molar-refractivity contribution in [3.63, 3.8) is 0 Å². The van der Waals surface area contributed by atoms with E-state index in [0.29, 0.717) is 11.5 Å². The van der Waals surface area contributed by atoms with Crippen LogP contribution < -0.4 is 10.6 Å². The van der Waals surface area contributed by atoms with E-state index in [9.17, 15) is 9.59 Å². The molecule has 28 heavy (non-hydrogen) atoms. The molecule has 3 rings (SSSR count). The molecule has 1 fully saturated rings. The maximum absolute atomic E-state index is 12.7. The van der Waals surface area contributed by atoms with Crippen LogP contribution in [0.25, 0.3) is 0 Å². The highest BCUT2D eigenvalue weighted by atomic mass is 16.2. The number of nitrogens with zero attached hydrogens (tertiary/aromatic N) is 1. The lowest BCUT2D eigenvalue weighted by molar-refractivity contribution is -0.114. The Labute approximate surface area is 167 Å². The summed E-state index contributed by atoms with van der Waals surface area (Å²) in [5.74, 6) is 0.636. The number of carbonyl (C=O) groups excluding carboxylic acids is 2. The number of hydrogen-bond acceptors (Lipinski definition) is 3. The van der Waals surface area contributed by atoms with Gasteiger partial charge in [-0.25, -0.2) is 0 Å². The molecule has 0 aromatic heterocycles. The van der Waals surface area contributed by atoms with Crippen LogP contribution in [0.1, 0.15) is 41.3 Å². The Bertz CT molecular complexity index is 855. The van der Waals surface area contributed by atoms with Crippen molar-refractivity contribution in [3.05, 3.63) is 59.2 Å². The first kappa shape index (κ1) is 19.9. The van der Waals surface area contributed by atoms with Crippen LogP contribution in [-0.2, 0) is 4.79 Å². The Morgan fingerprint density at radius 1 is 1.07 bits per heavy atom. The molecular formula is C23H29N3O2. The molecule has 2 amide bonds. The minimum atomic E-state index is -0.117. The van der Waals surface area contributed by atoms with Crippen molar-refractivity contribution in [1.29, 1.82) is 0 Å². The summed E-state index contributed by atoms with van der Waals surface area (Å²) < 4.78 is 0. The predicted octanol–water partition coefficient (Wildman–Crippen LogP) is 4.23. The van der Waals surface area contributed by atoms with Crippen molar-refractivity contribution in [2.75, 3.05) is 30.3 Å². The number of aryl methyl sites for hydroxylation is 2. The van der Waals surface area contributed by atoms with Gasteiger partial charge in [0.1, 0.15) is 0 Å². The third-order valence-corrected chi connectivity index (χ3v) is 5.29. The summed E-state index contributed by atoms with van der Waals surface area (Å²) in [6.07, 6.45) is 2.12. The van der Waals surface area contributed by atoms with E-state index < -0.39 is 0 Å². The molecule has 1 heterocycles. The van der Waals surface area contributed by atoms with Gasteiger partial charge in [0.15, 0.2) is 0 Å². The monoisotopic (exact) mass is 379 g/mol. The van der Waals surface area contributed by atoms with Gasteiger partial charge in [0.25, 0.3) is 5.91 Å². The van der Waals surface area contributed by atoms with Gasteiger partial charge in [-0.1, -0.05) is 30.7 Å². The molecule has 1 aliphatic rings. The zero-order valence-electron chi connectivity index (χ0n) is 16.9. The number of piperidine rings is 1. The van der Waals surface area contributed by atoms with Gasteiger partial charge in [-0.15, -0.1) is 0 Å². The molecule has 1 saturated heterocycles. The van der Waals surface area contributed by atoms with Crippen molar-refractivity contribution < 1.29 is 9.59 Å². The van der Waals surface area contributed by atoms with Gasteiger partial charge >= 0.3 is 0 Å². The van der Waals surface area contributed by atoms with Crippen molar-refractivity contribution in [2.45, 2.75) is 33.6 Å². The molecule has 0 unspecified atom stereocenters. The third kappa shape index (κ3) is 5.12. The number of benzene rings is 2. The summed E-state index contributed by atoms with van der Waals surface area (Å²) in [6, 6.07) is 13.3. The quantitative estimate of drug-likeness (QED) is 0.817. The minimum Gasteiger partial charge on any atom is -0.376 e. The van der Waals surface area contributed by atoms with Gasteiger partial charge in [0.2, 0.25) is 5.91 Å². The van der Waals surface area contributed by atoms with Crippen molar-refractivity contribution in [3.8, 4) is 0 Å². The van der Waals surface area contributed by atoms with E-state index in [0.717, 1.165) is 42.9 Å². The fourth-order valence-electron chi connectivity index (χ4n) is 3.49. The van der Waals surface area contributed by atoms with Gasteiger partial charge in [0, 0.05) is 30.0 Å². The second kappa shape index (κ2) is 8.91. The maximum Gasteiger partial charge on any atom is 0.253 e. The van der Waals surface area contributed by atoms with Gasteiger partial charge in [-0.05, 0) is 62.4 Å². The molecule has 2 aromatic rings. The fraction of sp³-hybridized carbons (Fsp3) is 0.391. The van der Waals surface area contributed by atoms with E-state index in [1.54, 1.807) is 0 Å². The standard InChI is InChI=1S/C23H29N3O2/c1-16-9-11-26(12-10-16)23(28)19-5-4-6-20(14-19)24-15-22(27)25-21-8-7-17(2)13-18(21)3/h4-8,13-14,16,24H,9-12,15H2,1-3H3,(H,25,27). The minimum absolute atomic E-state index is 0.0651. The van der Waals surface area contributed by atoms with Gasteiger partial charge in [0.05, 0.1) is 6.54 Å². The molecule has 0 bridgehead atoms. The van der Waals surface area contributed by atoms with Crippen molar-refractivity contribution >= 4 is 23.2 Å².